The van der Waals surface area contributed by atoms with Gasteiger partial charge in [-0.25, -0.2) is 0 Å². The second-order valence-corrected chi connectivity index (χ2v) is 7.26. The largest absolute Gasteiger partial charge is 0.497 e. The number of para-hydroxylation sites is 1. The number of aryl methyl sites for hydroxylation is 1. The smallest absolute Gasteiger partial charge is 0.119 e. The first-order valence-electron chi connectivity index (χ1n) is 9.23. The summed E-state index contributed by atoms with van der Waals surface area (Å²) in [6, 6.07) is 16.6. The van der Waals surface area contributed by atoms with Gasteiger partial charge in [0.2, 0.25) is 0 Å². The normalized spacial score (nSPS) is 21.2. The van der Waals surface area contributed by atoms with Crippen molar-refractivity contribution in [3.8, 4) is 5.75 Å². The number of aromatic nitrogens is 1. The van der Waals surface area contributed by atoms with E-state index < -0.39 is 0 Å². The summed E-state index contributed by atoms with van der Waals surface area (Å²) in [6.07, 6.45) is 2.82. The molecule has 26 heavy (non-hydrogen) atoms. The lowest BCUT2D eigenvalue weighted by Gasteiger charge is -2.36. The van der Waals surface area contributed by atoms with Crippen molar-refractivity contribution in [2.45, 2.75) is 25.0 Å². The Morgan fingerprint density at radius 2 is 2.00 bits per heavy atom. The van der Waals surface area contributed by atoms with Crippen LogP contribution in [0.25, 0.3) is 10.9 Å². The molecule has 3 aromatic rings. The second kappa shape index (κ2) is 7.14. The molecule has 1 aliphatic heterocycles. The molecule has 0 spiro atoms. The molecular weight excluding hydrogens is 324 g/mol. The molecule has 2 aromatic carbocycles. The van der Waals surface area contributed by atoms with Gasteiger partial charge < -0.3 is 14.4 Å². The molecule has 136 valence electrons. The van der Waals surface area contributed by atoms with Gasteiger partial charge in [0, 0.05) is 43.2 Å². The van der Waals surface area contributed by atoms with Crippen LogP contribution in [-0.2, 0) is 13.6 Å². The van der Waals surface area contributed by atoms with E-state index in [4.69, 9.17) is 4.74 Å². The molecule has 0 bridgehead atoms. The summed E-state index contributed by atoms with van der Waals surface area (Å²) in [4.78, 5) is 2.36. The average molecular weight is 350 g/mol. The number of hydrogen-bond acceptors (Lipinski definition) is 3. The van der Waals surface area contributed by atoms with Crippen LogP contribution in [0.2, 0.25) is 0 Å². The first-order chi connectivity index (χ1) is 12.7. The van der Waals surface area contributed by atoms with Crippen LogP contribution in [-0.4, -0.2) is 40.9 Å². The number of benzene rings is 2. The van der Waals surface area contributed by atoms with Crippen molar-refractivity contribution in [1.82, 2.24) is 9.47 Å². The van der Waals surface area contributed by atoms with E-state index in [2.05, 4.69) is 53.0 Å². The molecular formula is C22H26N2O2. The molecule has 2 atom stereocenters. The molecule has 1 aromatic heterocycles. The number of aliphatic hydroxyl groups is 1. The highest BCUT2D eigenvalue weighted by Crippen LogP contribution is 2.31. The molecule has 1 aliphatic rings. The molecule has 1 fully saturated rings. The highest BCUT2D eigenvalue weighted by molar-refractivity contribution is 5.83. The van der Waals surface area contributed by atoms with E-state index in [9.17, 15) is 5.11 Å². The standard InChI is InChI=1S/C22H26N2O2/c1-23-13-17(19-8-3-4-9-21(19)23)14-24-11-10-20(22(25)15-24)16-6-5-7-18(12-16)26-2/h3-9,12-13,20,22,25H,10-11,14-15H2,1-2H3/t20-,22+/m0/s1. The highest BCUT2D eigenvalue weighted by Gasteiger charge is 2.29. The highest BCUT2D eigenvalue weighted by atomic mass is 16.5. The topological polar surface area (TPSA) is 37.6 Å². The minimum Gasteiger partial charge on any atom is -0.497 e. The van der Waals surface area contributed by atoms with E-state index in [0.717, 1.165) is 25.3 Å². The third-order valence-corrected chi connectivity index (χ3v) is 5.56. The quantitative estimate of drug-likeness (QED) is 0.782. The van der Waals surface area contributed by atoms with E-state index >= 15 is 0 Å². The van der Waals surface area contributed by atoms with E-state index in [1.54, 1.807) is 7.11 Å². The van der Waals surface area contributed by atoms with Gasteiger partial charge in [0.15, 0.2) is 0 Å². The van der Waals surface area contributed by atoms with E-state index in [-0.39, 0.29) is 12.0 Å². The molecule has 1 saturated heterocycles. The number of methoxy groups -OCH3 is 1. The van der Waals surface area contributed by atoms with E-state index in [1.165, 1.54) is 22.0 Å². The molecule has 1 N–H and O–H groups in total. The Kier molecular flexibility index (Phi) is 4.70. The summed E-state index contributed by atoms with van der Waals surface area (Å²) in [5.41, 5.74) is 3.76. The van der Waals surface area contributed by atoms with Crippen LogP contribution in [0.15, 0.2) is 54.7 Å². The van der Waals surface area contributed by atoms with Gasteiger partial charge in [0.1, 0.15) is 5.75 Å². The van der Waals surface area contributed by atoms with Crippen molar-refractivity contribution in [2.24, 2.45) is 7.05 Å². The molecule has 0 radical (unpaired) electrons. The third-order valence-electron chi connectivity index (χ3n) is 5.56. The Balaban J connectivity index is 1.48. The van der Waals surface area contributed by atoms with Crippen LogP contribution >= 0.6 is 0 Å². The van der Waals surface area contributed by atoms with Crippen molar-refractivity contribution >= 4 is 10.9 Å². The van der Waals surface area contributed by atoms with Crippen molar-refractivity contribution in [3.05, 3.63) is 65.9 Å². The zero-order valence-corrected chi connectivity index (χ0v) is 15.4. The van der Waals surface area contributed by atoms with Crippen molar-refractivity contribution in [2.75, 3.05) is 20.2 Å². The summed E-state index contributed by atoms with van der Waals surface area (Å²) in [5, 5.41) is 12.1. The number of nitrogens with zero attached hydrogens (tertiary/aromatic N) is 2. The Bertz CT molecular complexity index is 902. The van der Waals surface area contributed by atoms with Gasteiger partial charge in [-0.1, -0.05) is 30.3 Å². The second-order valence-electron chi connectivity index (χ2n) is 7.26. The van der Waals surface area contributed by atoms with Crippen molar-refractivity contribution in [3.63, 3.8) is 0 Å². The van der Waals surface area contributed by atoms with Gasteiger partial charge in [-0.3, -0.25) is 4.90 Å². The number of fused-ring (bicyclic) bond motifs is 1. The summed E-state index contributed by atoms with van der Waals surface area (Å²) < 4.78 is 7.51. The summed E-state index contributed by atoms with van der Waals surface area (Å²) in [7, 11) is 3.78. The molecule has 0 unspecified atom stereocenters. The lowest BCUT2D eigenvalue weighted by Crippen LogP contribution is -2.42. The van der Waals surface area contributed by atoms with E-state index in [0.29, 0.717) is 6.54 Å². The number of rotatable bonds is 4. The van der Waals surface area contributed by atoms with Gasteiger partial charge in [0.05, 0.1) is 13.2 Å². The van der Waals surface area contributed by atoms with Crippen molar-refractivity contribution < 1.29 is 9.84 Å². The Morgan fingerprint density at radius 1 is 1.15 bits per heavy atom. The maximum atomic E-state index is 10.8. The molecule has 2 heterocycles. The third kappa shape index (κ3) is 3.22. The lowest BCUT2D eigenvalue weighted by atomic mass is 9.87. The SMILES string of the molecule is COc1cccc([C@@H]2CCN(Cc3cn(C)c4ccccc34)C[C@H]2O)c1. The fraction of sp³-hybridized carbons (Fsp3) is 0.364. The van der Waals surface area contributed by atoms with Crippen LogP contribution in [0, 0.1) is 0 Å². The number of likely N-dealkylation sites (tertiary alicyclic amines) is 1. The van der Waals surface area contributed by atoms with Gasteiger partial charge in [-0.05, 0) is 42.3 Å². The number of hydrogen-bond donors (Lipinski definition) is 1. The predicted octanol–water partition coefficient (Wildman–Crippen LogP) is 3.54. The van der Waals surface area contributed by atoms with Gasteiger partial charge >= 0.3 is 0 Å². The number of β-amino-alcohol motifs (C(OH)–C–C–N with tert-alkyl or cyclic N) is 1. The molecule has 0 saturated carbocycles. The van der Waals surface area contributed by atoms with Crippen LogP contribution < -0.4 is 4.74 Å². The first-order valence-corrected chi connectivity index (χ1v) is 9.23. The molecule has 0 amide bonds. The minimum atomic E-state index is -0.356. The molecule has 4 nitrogen and oxygen atoms in total. The minimum absolute atomic E-state index is 0.175. The maximum Gasteiger partial charge on any atom is 0.119 e. The van der Waals surface area contributed by atoms with Crippen LogP contribution in [0.3, 0.4) is 0 Å². The van der Waals surface area contributed by atoms with Gasteiger partial charge in [-0.2, -0.15) is 0 Å². The number of piperidine rings is 1. The van der Waals surface area contributed by atoms with Crippen LogP contribution in [0.5, 0.6) is 5.75 Å². The Morgan fingerprint density at radius 3 is 2.81 bits per heavy atom. The molecule has 4 heteroatoms. The number of aliphatic hydroxyl groups excluding tert-OH is 1. The average Bonchev–Trinajstić information content (AvgIpc) is 2.98. The van der Waals surface area contributed by atoms with Gasteiger partial charge in [0.25, 0.3) is 0 Å². The maximum absolute atomic E-state index is 10.8. The molecule has 0 aliphatic carbocycles. The monoisotopic (exact) mass is 350 g/mol. The summed E-state index contributed by atoms with van der Waals surface area (Å²) >= 11 is 0. The predicted molar refractivity (Wildman–Crippen MR) is 105 cm³/mol. The Labute approximate surface area is 154 Å². The fourth-order valence-electron chi connectivity index (χ4n) is 4.19. The van der Waals surface area contributed by atoms with Crippen LogP contribution in [0.1, 0.15) is 23.5 Å². The zero-order chi connectivity index (χ0) is 18.1. The fourth-order valence-corrected chi connectivity index (χ4v) is 4.19. The first kappa shape index (κ1) is 17.1. The zero-order valence-electron chi connectivity index (χ0n) is 15.4. The van der Waals surface area contributed by atoms with E-state index in [1.807, 2.05) is 18.2 Å². The van der Waals surface area contributed by atoms with Crippen molar-refractivity contribution in [1.29, 1.82) is 0 Å². The summed E-state index contributed by atoms with van der Waals surface area (Å²) in [5.74, 6) is 1.03. The molecule has 4 rings (SSSR count). The number of ether oxygens (including phenoxy) is 1. The Hall–Kier alpha value is -2.30. The lowest BCUT2D eigenvalue weighted by molar-refractivity contribution is 0.0478. The van der Waals surface area contributed by atoms with Gasteiger partial charge in [-0.15, -0.1) is 0 Å². The van der Waals surface area contributed by atoms with Crippen LogP contribution in [0.4, 0.5) is 0 Å². The summed E-state index contributed by atoms with van der Waals surface area (Å²) in [6.45, 7) is 2.57.